The molecule has 0 saturated carbocycles. The van der Waals surface area contributed by atoms with Crippen LogP contribution in [0.25, 0.3) is 0 Å². The molecule has 2 aromatic carbocycles. The van der Waals surface area contributed by atoms with Gasteiger partial charge in [-0.05, 0) is 30.5 Å². The van der Waals surface area contributed by atoms with Crippen LogP contribution in [-0.4, -0.2) is 56.3 Å². The SMILES string of the molecule is CSc1ccc(C[NH+]2CCC(C(=O)N3CCN(c4ccccc4F)CC3)CC2)cc1. The summed E-state index contributed by atoms with van der Waals surface area (Å²) >= 11 is 1.77. The fourth-order valence-electron chi connectivity index (χ4n) is 4.62. The van der Waals surface area contributed by atoms with Gasteiger partial charge in [0.2, 0.25) is 5.91 Å². The molecule has 0 atom stereocenters. The lowest BCUT2D eigenvalue weighted by Gasteiger charge is -2.38. The third-order valence-electron chi connectivity index (χ3n) is 6.44. The average molecular weight is 429 g/mol. The first kappa shape index (κ1) is 21.2. The fourth-order valence-corrected chi connectivity index (χ4v) is 5.02. The lowest BCUT2D eigenvalue weighted by atomic mass is 9.94. The molecule has 1 N–H and O–H groups in total. The lowest BCUT2D eigenvalue weighted by Crippen LogP contribution is -3.11. The van der Waals surface area contributed by atoms with Crippen molar-refractivity contribution < 1.29 is 14.1 Å². The van der Waals surface area contributed by atoms with Crippen LogP contribution in [0.3, 0.4) is 0 Å². The van der Waals surface area contributed by atoms with E-state index >= 15 is 0 Å². The van der Waals surface area contributed by atoms with Crippen LogP contribution >= 0.6 is 11.8 Å². The zero-order valence-corrected chi connectivity index (χ0v) is 18.5. The molecule has 2 aliphatic rings. The van der Waals surface area contributed by atoms with Crippen LogP contribution in [0.15, 0.2) is 53.4 Å². The van der Waals surface area contributed by atoms with Gasteiger partial charge in [-0.25, -0.2) is 4.39 Å². The number of hydrogen-bond acceptors (Lipinski definition) is 3. The van der Waals surface area contributed by atoms with E-state index in [1.54, 1.807) is 22.7 Å². The van der Waals surface area contributed by atoms with Gasteiger partial charge in [-0.15, -0.1) is 11.8 Å². The molecule has 2 saturated heterocycles. The number of anilines is 1. The number of nitrogens with one attached hydrogen (secondary N) is 1. The molecule has 160 valence electrons. The predicted molar refractivity (Wildman–Crippen MR) is 121 cm³/mol. The van der Waals surface area contributed by atoms with Crippen LogP contribution in [0.4, 0.5) is 10.1 Å². The van der Waals surface area contributed by atoms with Gasteiger partial charge in [-0.3, -0.25) is 4.79 Å². The van der Waals surface area contributed by atoms with Crippen LogP contribution in [0.1, 0.15) is 18.4 Å². The van der Waals surface area contributed by atoms with E-state index in [9.17, 15) is 9.18 Å². The number of halogens is 1. The second-order valence-corrected chi connectivity index (χ2v) is 9.19. The molecule has 6 heteroatoms. The Kier molecular flexibility index (Phi) is 6.95. The number of para-hydroxylation sites is 1. The molecule has 4 rings (SSSR count). The highest BCUT2D eigenvalue weighted by Gasteiger charge is 2.32. The molecule has 0 aliphatic carbocycles. The maximum atomic E-state index is 14.0. The van der Waals surface area contributed by atoms with Crippen molar-refractivity contribution in [3.63, 3.8) is 0 Å². The monoisotopic (exact) mass is 428 g/mol. The highest BCUT2D eigenvalue weighted by molar-refractivity contribution is 7.98. The van der Waals surface area contributed by atoms with Gasteiger partial charge in [-0.2, -0.15) is 0 Å². The molecule has 2 aliphatic heterocycles. The highest BCUT2D eigenvalue weighted by Crippen LogP contribution is 2.22. The van der Waals surface area contributed by atoms with Crippen LogP contribution in [-0.2, 0) is 11.3 Å². The van der Waals surface area contributed by atoms with E-state index in [1.165, 1.54) is 16.5 Å². The number of quaternary nitrogens is 1. The van der Waals surface area contributed by atoms with Gasteiger partial charge in [0.1, 0.15) is 12.4 Å². The van der Waals surface area contributed by atoms with Crippen molar-refractivity contribution in [1.29, 1.82) is 0 Å². The van der Waals surface area contributed by atoms with Crippen LogP contribution in [0, 0.1) is 11.7 Å². The molecule has 2 aromatic rings. The number of amides is 1. The first-order chi connectivity index (χ1) is 14.6. The zero-order chi connectivity index (χ0) is 20.9. The summed E-state index contributed by atoms with van der Waals surface area (Å²) in [6.07, 6.45) is 4.02. The van der Waals surface area contributed by atoms with Crippen LogP contribution in [0.2, 0.25) is 0 Å². The van der Waals surface area contributed by atoms with E-state index in [0.717, 1.165) is 32.5 Å². The number of likely N-dealkylation sites (tertiary alicyclic amines) is 1. The second-order valence-electron chi connectivity index (χ2n) is 8.31. The summed E-state index contributed by atoms with van der Waals surface area (Å²) in [6.45, 7) is 5.90. The van der Waals surface area contributed by atoms with E-state index < -0.39 is 0 Å². The molecule has 2 heterocycles. The molecule has 1 amide bonds. The minimum atomic E-state index is -0.185. The summed E-state index contributed by atoms with van der Waals surface area (Å²) in [7, 11) is 0. The molecule has 4 nitrogen and oxygen atoms in total. The Hall–Kier alpha value is -2.05. The number of nitrogens with zero attached hydrogens (tertiary/aromatic N) is 2. The van der Waals surface area contributed by atoms with Gasteiger partial charge in [0.25, 0.3) is 0 Å². The van der Waals surface area contributed by atoms with Crippen molar-refractivity contribution in [1.82, 2.24) is 4.90 Å². The average Bonchev–Trinajstić information content (AvgIpc) is 2.80. The fraction of sp³-hybridized carbons (Fsp3) is 0.458. The number of thioether (sulfide) groups is 1. The number of piperazine rings is 1. The summed E-state index contributed by atoms with van der Waals surface area (Å²) < 4.78 is 14.0. The number of benzene rings is 2. The number of hydrogen-bond donors (Lipinski definition) is 1. The Balaban J connectivity index is 1.24. The number of piperidine rings is 1. The van der Waals surface area contributed by atoms with Crippen molar-refractivity contribution >= 4 is 23.4 Å². The van der Waals surface area contributed by atoms with Crippen molar-refractivity contribution in [2.24, 2.45) is 5.92 Å². The first-order valence-corrected chi connectivity index (χ1v) is 12.1. The van der Waals surface area contributed by atoms with Crippen LogP contribution < -0.4 is 9.80 Å². The maximum absolute atomic E-state index is 14.0. The normalized spacial score (nSPS) is 22.2. The molecule has 0 spiro atoms. The minimum Gasteiger partial charge on any atom is -0.366 e. The van der Waals surface area contributed by atoms with Gasteiger partial charge < -0.3 is 14.7 Å². The van der Waals surface area contributed by atoms with E-state index in [2.05, 4.69) is 30.5 Å². The quantitative estimate of drug-likeness (QED) is 0.743. The maximum Gasteiger partial charge on any atom is 0.226 e. The van der Waals surface area contributed by atoms with Gasteiger partial charge in [-0.1, -0.05) is 24.3 Å². The number of carbonyl (C=O) groups excluding carboxylic acids is 1. The van der Waals surface area contributed by atoms with Crippen molar-refractivity contribution in [3.05, 3.63) is 59.9 Å². The summed E-state index contributed by atoms with van der Waals surface area (Å²) in [6, 6.07) is 15.7. The summed E-state index contributed by atoms with van der Waals surface area (Å²) in [5.74, 6) is 0.259. The standard InChI is InChI=1S/C24H30FN3OS/c1-30-21-8-6-19(7-9-21)18-26-12-10-20(11-13-26)24(29)28-16-14-27(15-17-28)23-5-3-2-4-22(23)25/h2-9,20H,10-18H2,1H3/p+1. The molecular formula is C24H31FN3OS+. The van der Waals surface area contributed by atoms with Crippen molar-refractivity contribution in [2.75, 3.05) is 50.4 Å². The molecule has 30 heavy (non-hydrogen) atoms. The first-order valence-electron chi connectivity index (χ1n) is 10.9. The van der Waals surface area contributed by atoms with E-state index in [1.807, 2.05) is 21.9 Å². The largest absolute Gasteiger partial charge is 0.366 e. The minimum absolute atomic E-state index is 0.146. The molecular weight excluding hydrogens is 397 g/mol. The number of carbonyl (C=O) groups is 1. The van der Waals surface area contributed by atoms with Gasteiger partial charge in [0, 0.05) is 55.4 Å². The molecule has 0 radical (unpaired) electrons. The Bertz CT molecular complexity index is 844. The molecule has 2 fully saturated rings. The Labute approximate surface area is 183 Å². The predicted octanol–water partition coefficient (Wildman–Crippen LogP) is 2.69. The van der Waals surface area contributed by atoms with E-state index in [-0.39, 0.29) is 11.7 Å². The summed E-state index contributed by atoms with van der Waals surface area (Å²) in [5.41, 5.74) is 2.02. The summed E-state index contributed by atoms with van der Waals surface area (Å²) in [5, 5.41) is 0. The lowest BCUT2D eigenvalue weighted by molar-refractivity contribution is -0.919. The Morgan fingerprint density at radius 3 is 2.33 bits per heavy atom. The van der Waals surface area contributed by atoms with E-state index in [4.69, 9.17) is 0 Å². The topological polar surface area (TPSA) is 28.0 Å². The third kappa shape index (κ3) is 4.98. The van der Waals surface area contributed by atoms with E-state index in [0.29, 0.717) is 37.8 Å². The van der Waals surface area contributed by atoms with Gasteiger partial charge in [0.15, 0.2) is 0 Å². The highest BCUT2D eigenvalue weighted by atomic mass is 32.2. The van der Waals surface area contributed by atoms with Crippen molar-refractivity contribution in [2.45, 2.75) is 24.3 Å². The third-order valence-corrected chi connectivity index (χ3v) is 7.18. The molecule has 0 aromatic heterocycles. The Morgan fingerprint density at radius 1 is 1.03 bits per heavy atom. The smallest absolute Gasteiger partial charge is 0.226 e. The van der Waals surface area contributed by atoms with Gasteiger partial charge >= 0.3 is 0 Å². The summed E-state index contributed by atoms with van der Waals surface area (Å²) in [4.78, 5) is 19.9. The van der Waals surface area contributed by atoms with Crippen molar-refractivity contribution in [3.8, 4) is 0 Å². The number of rotatable bonds is 5. The Morgan fingerprint density at radius 2 is 1.70 bits per heavy atom. The second kappa shape index (κ2) is 9.84. The molecule has 0 unspecified atom stereocenters. The van der Waals surface area contributed by atoms with Gasteiger partial charge in [0.05, 0.1) is 18.8 Å². The zero-order valence-electron chi connectivity index (χ0n) is 17.6. The molecule has 0 bridgehead atoms. The van der Waals surface area contributed by atoms with Crippen LogP contribution in [0.5, 0.6) is 0 Å².